The van der Waals surface area contributed by atoms with Crippen molar-refractivity contribution in [3.63, 3.8) is 0 Å². The van der Waals surface area contributed by atoms with Crippen LogP contribution >= 0.6 is 0 Å². The number of halogens is 3. The van der Waals surface area contributed by atoms with E-state index in [1.165, 1.54) is 25.3 Å². The van der Waals surface area contributed by atoms with E-state index in [1.807, 2.05) is 6.92 Å². The van der Waals surface area contributed by atoms with Gasteiger partial charge < -0.3 is 9.84 Å². The third-order valence-electron chi connectivity index (χ3n) is 4.46. The van der Waals surface area contributed by atoms with Gasteiger partial charge in [-0.05, 0) is 30.4 Å². The van der Waals surface area contributed by atoms with Crippen molar-refractivity contribution >= 4 is 0 Å². The molecule has 2 rings (SSSR count). The van der Waals surface area contributed by atoms with Crippen LogP contribution in [-0.2, 0) is 10.9 Å². The number of hydrogen-bond donors (Lipinski definition) is 1. The van der Waals surface area contributed by atoms with Gasteiger partial charge in [-0.2, -0.15) is 13.2 Å². The van der Waals surface area contributed by atoms with Crippen LogP contribution in [0.3, 0.4) is 0 Å². The molecule has 0 radical (unpaired) electrons. The number of aliphatic hydroxyl groups is 1. The minimum absolute atomic E-state index is 0.0963. The minimum Gasteiger partial charge on any atom is -0.385 e. The second-order valence-corrected chi connectivity index (χ2v) is 5.96. The molecule has 0 aromatic heterocycles. The van der Waals surface area contributed by atoms with Crippen molar-refractivity contribution in [2.75, 3.05) is 7.11 Å². The number of rotatable bonds is 3. The highest BCUT2D eigenvalue weighted by Gasteiger charge is 2.45. The lowest BCUT2D eigenvalue weighted by atomic mass is 9.73. The molecule has 0 aliphatic heterocycles. The van der Waals surface area contributed by atoms with Crippen molar-refractivity contribution in [3.05, 3.63) is 35.4 Å². The standard InChI is InChI=1S/C16H21F3O2/c1-11-6-5-9-15(10-11,21-2)14(20)12-7-3-4-8-13(12)16(17,18)19/h3-4,7-8,11,14,20H,5-6,9-10H2,1-2H3. The Kier molecular flexibility index (Phi) is 4.63. The van der Waals surface area contributed by atoms with E-state index >= 15 is 0 Å². The first-order chi connectivity index (χ1) is 9.80. The van der Waals surface area contributed by atoms with Crippen LogP contribution in [0.4, 0.5) is 13.2 Å². The Balaban J connectivity index is 2.41. The molecule has 118 valence electrons. The molecule has 0 amide bonds. The van der Waals surface area contributed by atoms with Crippen LogP contribution < -0.4 is 0 Å². The van der Waals surface area contributed by atoms with Crippen molar-refractivity contribution in [1.82, 2.24) is 0 Å². The lowest BCUT2D eigenvalue weighted by Crippen LogP contribution is -2.43. The van der Waals surface area contributed by atoms with Crippen molar-refractivity contribution < 1.29 is 23.0 Å². The summed E-state index contributed by atoms with van der Waals surface area (Å²) in [5, 5.41) is 10.6. The number of methoxy groups -OCH3 is 1. The van der Waals surface area contributed by atoms with E-state index < -0.39 is 23.4 Å². The quantitative estimate of drug-likeness (QED) is 0.900. The molecule has 0 heterocycles. The molecule has 1 fully saturated rings. The number of aliphatic hydroxyl groups excluding tert-OH is 1. The van der Waals surface area contributed by atoms with E-state index in [9.17, 15) is 18.3 Å². The summed E-state index contributed by atoms with van der Waals surface area (Å²) in [5.41, 5.74) is -1.81. The predicted octanol–water partition coefficient (Wildman–Crippen LogP) is 4.33. The molecule has 3 unspecified atom stereocenters. The third kappa shape index (κ3) is 3.24. The van der Waals surface area contributed by atoms with Gasteiger partial charge in [-0.3, -0.25) is 0 Å². The fourth-order valence-electron chi connectivity index (χ4n) is 3.37. The zero-order chi connectivity index (χ0) is 15.7. The largest absolute Gasteiger partial charge is 0.416 e. The molecule has 1 saturated carbocycles. The molecule has 3 atom stereocenters. The van der Waals surface area contributed by atoms with Crippen LogP contribution in [0.15, 0.2) is 24.3 Å². The van der Waals surface area contributed by atoms with Gasteiger partial charge in [-0.1, -0.05) is 38.0 Å². The second-order valence-electron chi connectivity index (χ2n) is 5.96. The van der Waals surface area contributed by atoms with Crippen LogP contribution in [-0.4, -0.2) is 17.8 Å². The molecule has 1 aromatic carbocycles. The lowest BCUT2D eigenvalue weighted by molar-refractivity contribution is -0.150. The number of alkyl halides is 3. The summed E-state index contributed by atoms with van der Waals surface area (Å²) in [6.45, 7) is 2.04. The van der Waals surface area contributed by atoms with Crippen molar-refractivity contribution in [3.8, 4) is 0 Å². The Morgan fingerprint density at radius 2 is 2.00 bits per heavy atom. The molecule has 21 heavy (non-hydrogen) atoms. The van der Waals surface area contributed by atoms with Gasteiger partial charge in [0.1, 0.15) is 6.10 Å². The van der Waals surface area contributed by atoms with Gasteiger partial charge >= 0.3 is 6.18 Å². The van der Waals surface area contributed by atoms with Gasteiger partial charge in [0.2, 0.25) is 0 Å². The number of hydrogen-bond acceptors (Lipinski definition) is 2. The second kappa shape index (κ2) is 5.97. The Morgan fingerprint density at radius 3 is 2.57 bits per heavy atom. The third-order valence-corrected chi connectivity index (χ3v) is 4.46. The molecule has 2 nitrogen and oxygen atoms in total. The molecular weight excluding hydrogens is 281 g/mol. The van der Waals surface area contributed by atoms with Crippen LogP contribution in [0.1, 0.15) is 49.8 Å². The monoisotopic (exact) mass is 302 g/mol. The SMILES string of the molecule is COC1(C(O)c2ccccc2C(F)(F)F)CCCC(C)C1. The summed E-state index contributed by atoms with van der Waals surface area (Å²) >= 11 is 0. The summed E-state index contributed by atoms with van der Waals surface area (Å²) in [5.74, 6) is 0.325. The molecule has 1 aliphatic rings. The van der Waals surface area contributed by atoms with Gasteiger partial charge in [-0.15, -0.1) is 0 Å². The zero-order valence-corrected chi connectivity index (χ0v) is 12.3. The Hall–Kier alpha value is -1.07. The molecule has 0 bridgehead atoms. The topological polar surface area (TPSA) is 29.5 Å². The smallest absolute Gasteiger partial charge is 0.385 e. The molecule has 5 heteroatoms. The van der Waals surface area contributed by atoms with Crippen LogP contribution in [0.5, 0.6) is 0 Å². The first kappa shape index (κ1) is 16.3. The normalized spacial score (nSPS) is 28.4. The highest BCUT2D eigenvalue weighted by molar-refractivity contribution is 5.33. The summed E-state index contributed by atoms with van der Waals surface area (Å²) in [4.78, 5) is 0. The van der Waals surface area contributed by atoms with E-state index in [4.69, 9.17) is 4.74 Å². The molecule has 1 aromatic rings. The molecule has 0 saturated heterocycles. The van der Waals surface area contributed by atoms with Crippen LogP contribution in [0, 0.1) is 5.92 Å². The average Bonchev–Trinajstić information content (AvgIpc) is 2.45. The summed E-state index contributed by atoms with van der Waals surface area (Å²) < 4.78 is 44.9. The first-order valence-electron chi connectivity index (χ1n) is 7.19. The Morgan fingerprint density at radius 1 is 1.33 bits per heavy atom. The Labute approximate surface area is 122 Å². The zero-order valence-electron chi connectivity index (χ0n) is 12.3. The number of benzene rings is 1. The summed E-state index contributed by atoms with van der Waals surface area (Å²) in [6.07, 6.45) is -2.76. The highest BCUT2D eigenvalue weighted by atomic mass is 19.4. The van der Waals surface area contributed by atoms with E-state index in [0.29, 0.717) is 18.8 Å². The van der Waals surface area contributed by atoms with Gasteiger partial charge in [-0.25, -0.2) is 0 Å². The number of ether oxygens (including phenoxy) is 1. The van der Waals surface area contributed by atoms with Crippen LogP contribution in [0.25, 0.3) is 0 Å². The summed E-state index contributed by atoms with van der Waals surface area (Å²) in [7, 11) is 1.47. The van der Waals surface area contributed by atoms with E-state index in [0.717, 1.165) is 18.9 Å². The average molecular weight is 302 g/mol. The van der Waals surface area contributed by atoms with Gasteiger partial charge in [0, 0.05) is 7.11 Å². The molecule has 0 spiro atoms. The van der Waals surface area contributed by atoms with Crippen molar-refractivity contribution in [1.29, 1.82) is 0 Å². The van der Waals surface area contributed by atoms with E-state index in [1.54, 1.807) is 0 Å². The highest BCUT2D eigenvalue weighted by Crippen LogP contribution is 2.46. The van der Waals surface area contributed by atoms with E-state index in [-0.39, 0.29) is 5.56 Å². The molecular formula is C16H21F3O2. The predicted molar refractivity (Wildman–Crippen MR) is 73.8 cm³/mol. The maximum atomic E-state index is 13.1. The minimum atomic E-state index is -4.48. The van der Waals surface area contributed by atoms with Crippen molar-refractivity contribution in [2.24, 2.45) is 5.92 Å². The lowest BCUT2D eigenvalue weighted by Gasteiger charge is -2.43. The van der Waals surface area contributed by atoms with Gasteiger partial charge in [0.05, 0.1) is 11.2 Å². The van der Waals surface area contributed by atoms with Crippen molar-refractivity contribution in [2.45, 2.75) is 50.5 Å². The van der Waals surface area contributed by atoms with E-state index in [2.05, 4.69) is 0 Å². The van der Waals surface area contributed by atoms with Gasteiger partial charge in [0.15, 0.2) is 0 Å². The fourth-order valence-corrected chi connectivity index (χ4v) is 3.37. The maximum Gasteiger partial charge on any atom is 0.416 e. The van der Waals surface area contributed by atoms with Gasteiger partial charge in [0.25, 0.3) is 0 Å². The van der Waals surface area contributed by atoms with Crippen LogP contribution in [0.2, 0.25) is 0 Å². The molecule has 1 aliphatic carbocycles. The Bertz CT molecular complexity index is 487. The maximum absolute atomic E-state index is 13.1. The first-order valence-corrected chi connectivity index (χ1v) is 7.19. The summed E-state index contributed by atoms with van der Waals surface area (Å²) in [6, 6.07) is 5.20. The molecule has 1 N–H and O–H groups in total. The fraction of sp³-hybridized carbons (Fsp3) is 0.625.